The van der Waals surface area contributed by atoms with Crippen LogP contribution in [0.4, 0.5) is 0 Å². The topological polar surface area (TPSA) is 86.7 Å². The molecule has 0 fully saturated rings. The molecular weight excluding hydrogens is 404 g/mol. The van der Waals surface area contributed by atoms with Gasteiger partial charge in [0.05, 0.1) is 17.4 Å². The molecule has 1 amide bonds. The Hall–Kier alpha value is -3.42. The van der Waals surface area contributed by atoms with Crippen molar-refractivity contribution in [2.45, 2.75) is 53.1 Å². The number of carbonyl (C=O) groups excluding carboxylic acids is 1. The lowest BCUT2D eigenvalue weighted by Crippen LogP contribution is -2.35. The highest BCUT2D eigenvalue weighted by Gasteiger charge is 2.25. The molecule has 1 unspecified atom stereocenters. The molecule has 0 aliphatic rings. The Morgan fingerprint density at radius 1 is 1.16 bits per heavy atom. The van der Waals surface area contributed by atoms with Gasteiger partial charge in [0.2, 0.25) is 5.91 Å². The quantitative estimate of drug-likeness (QED) is 0.484. The molecule has 0 spiro atoms. The molecule has 3 heterocycles. The van der Waals surface area contributed by atoms with Gasteiger partial charge in [-0.2, -0.15) is 10.2 Å². The molecule has 8 nitrogen and oxygen atoms in total. The van der Waals surface area contributed by atoms with Crippen LogP contribution in [0.2, 0.25) is 0 Å². The van der Waals surface area contributed by atoms with Crippen molar-refractivity contribution in [3.63, 3.8) is 0 Å². The third-order valence-corrected chi connectivity index (χ3v) is 6.31. The number of aryl methyl sites for hydroxylation is 3. The standard InChI is InChI=1S/C24H30N6O2/c1-6-20(23(31)25-13-12-17-15(3)27-29(7-2)16(17)4)30-21-11-9-8-10-18(21)19-14-26-28(5)24(32)22(19)30/h8-11,14,20H,6-7,12-13H2,1-5H3,(H,25,31). The number of benzene rings is 1. The summed E-state index contributed by atoms with van der Waals surface area (Å²) in [5.74, 6) is -0.0905. The molecule has 0 bridgehead atoms. The van der Waals surface area contributed by atoms with Crippen molar-refractivity contribution in [3.8, 4) is 0 Å². The van der Waals surface area contributed by atoms with E-state index in [0.717, 1.165) is 40.6 Å². The number of hydrogen-bond acceptors (Lipinski definition) is 4. The third kappa shape index (κ3) is 3.49. The number of para-hydroxylation sites is 1. The van der Waals surface area contributed by atoms with Crippen LogP contribution in [0, 0.1) is 13.8 Å². The largest absolute Gasteiger partial charge is 0.354 e. The van der Waals surface area contributed by atoms with E-state index in [2.05, 4.69) is 29.4 Å². The van der Waals surface area contributed by atoms with E-state index in [1.54, 1.807) is 13.2 Å². The Kier molecular flexibility index (Phi) is 5.86. The van der Waals surface area contributed by atoms with Crippen LogP contribution < -0.4 is 10.9 Å². The van der Waals surface area contributed by atoms with Gasteiger partial charge in [-0.3, -0.25) is 14.3 Å². The van der Waals surface area contributed by atoms with E-state index in [1.165, 1.54) is 10.2 Å². The van der Waals surface area contributed by atoms with E-state index >= 15 is 0 Å². The molecule has 4 aromatic rings. The average molecular weight is 435 g/mol. The first-order valence-corrected chi connectivity index (χ1v) is 11.1. The van der Waals surface area contributed by atoms with Gasteiger partial charge >= 0.3 is 0 Å². The molecule has 3 aromatic heterocycles. The summed E-state index contributed by atoms with van der Waals surface area (Å²) in [6.07, 6.45) is 2.99. The fraction of sp³-hybridized carbons (Fsp3) is 0.417. The molecule has 1 atom stereocenters. The summed E-state index contributed by atoms with van der Waals surface area (Å²) in [5, 5.41) is 13.5. The van der Waals surface area contributed by atoms with E-state index in [4.69, 9.17) is 0 Å². The van der Waals surface area contributed by atoms with Crippen molar-refractivity contribution < 1.29 is 4.79 Å². The highest BCUT2D eigenvalue weighted by Crippen LogP contribution is 2.30. The predicted molar refractivity (Wildman–Crippen MR) is 126 cm³/mol. The maximum Gasteiger partial charge on any atom is 0.291 e. The molecule has 0 aliphatic heterocycles. The summed E-state index contributed by atoms with van der Waals surface area (Å²) >= 11 is 0. The molecule has 0 saturated carbocycles. The van der Waals surface area contributed by atoms with Crippen LogP contribution in [-0.2, 0) is 24.8 Å². The monoisotopic (exact) mass is 434 g/mol. The molecule has 8 heteroatoms. The Bertz CT molecular complexity index is 1360. The van der Waals surface area contributed by atoms with Crippen LogP contribution in [-0.4, -0.2) is 36.6 Å². The van der Waals surface area contributed by atoms with Crippen molar-refractivity contribution >= 4 is 27.7 Å². The summed E-state index contributed by atoms with van der Waals surface area (Å²) in [4.78, 5) is 26.3. The fourth-order valence-corrected chi connectivity index (χ4v) is 4.63. The predicted octanol–water partition coefficient (Wildman–Crippen LogP) is 3.03. The second kappa shape index (κ2) is 8.61. The van der Waals surface area contributed by atoms with Crippen LogP contribution in [0.25, 0.3) is 21.8 Å². The molecule has 4 rings (SSSR count). The minimum atomic E-state index is -0.493. The number of fused-ring (bicyclic) bond motifs is 3. The lowest BCUT2D eigenvalue weighted by Gasteiger charge is -2.19. The first-order valence-electron chi connectivity index (χ1n) is 11.1. The Balaban J connectivity index is 1.66. The molecule has 32 heavy (non-hydrogen) atoms. The highest BCUT2D eigenvalue weighted by molar-refractivity contribution is 6.08. The molecule has 0 aliphatic carbocycles. The van der Waals surface area contributed by atoms with Gasteiger partial charge in [-0.25, -0.2) is 4.68 Å². The number of rotatable bonds is 7. The van der Waals surface area contributed by atoms with Gasteiger partial charge in [0.15, 0.2) is 0 Å². The molecule has 0 radical (unpaired) electrons. The van der Waals surface area contributed by atoms with Gasteiger partial charge in [0.1, 0.15) is 11.6 Å². The summed E-state index contributed by atoms with van der Waals surface area (Å²) in [5.41, 5.74) is 4.50. The normalized spacial score (nSPS) is 12.5. The molecule has 0 saturated heterocycles. The van der Waals surface area contributed by atoms with Crippen molar-refractivity contribution in [2.75, 3.05) is 6.54 Å². The molecule has 1 aromatic carbocycles. The van der Waals surface area contributed by atoms with E-state index in [-0.39, 0.29) is 11.5 Å². The second-order valence-electron chi connectivity index (χ2n) is 8.15. The Morgan fingerprint density at radius 3 is 2.59 bits per heavy atom. The van der Waals surface area contributed by atoms with Crippen molar-refractivity contribution in [2.24, 2.45) is 7.05 Å². The van der Waals surface area contributed by atoms with E-state index < -0.39 is 6.04 Å². The molecule has 168 valence electrons. The number of carbonyl (C=O) groups is 1. The zero-order valence-corrected chi connectivity index (χ0v) is 19.3. The minimum absolute atomic E-state index is 0.0905. The van der Waals surface area contributed by atoms with Crippen LogP contribution in [0.3, 0.4) is 0 Å². The summed E-state index contributed by atoms with van der Waals surface area (Å²) in [7, 11) is 1.63. The van der Waals surface area contributed by atoms with Crippen LogP contribution in [0.5, 0.6) is 0 Å². The second-order valence-corrected chi connectivity index (χ2v) is 8.15. The van der Waals surface area contributed by atoms with Crippen molar-refractivity contribution in [3.05, 3.63) is 57.8 Å². The van der Waals surface area contributed by atoms with Crippen LogP contribution in [0.15, 0.2) is 35.3 Å². The van der Waals surface area contributed by atoms with Gasteiger partial charge in [0.25, 0.3) is 5.56 Å². The van der Waals surface area contributed by atoms with Gasteiger partial charge in [0, 0.05) is 36.6 Å². The lowest BCUT2D eigenvalue weighted by molar-refractivity contribution is -0.124. The number of nitrogens with one attached hydrogen (secondary N) is 1. The maximum absolute atomic E-state index is 13.3. The average Bonchev–Trinajstić information content (AvgIpc) is 3.26. The van der Waals surface area contributed by atoms with E-state index in [1.807, 2.05) is 47.4 Å². The van der Waals surface area contributed by atoms with Gasteiger partial charge in [-0.15, -0.1) is 0 Å². The highest BCUT2D eigenvalue weighted by atomic mass is 16.2. The fourth-order valence-electron chi connectivity index (χ4n) is 4.63. The molecule has 1 N–H and O–H groups in total. The smallest absolute Gasteiger partial charge is 0.291 e. The third-order valence-electron chi connectivity index (χ3n) is 6.31. The number of nitrogens with zero attached hydrogens (tertiary/aromatic N) is 5. The number of hydrogen-bond donors (Lipinski definition) is 1. The van der Waals surface area contributed by atoms with E-state index in [9.17, 15) is 9.59 Å². The maximum atomic E-state index is 13.3. The van der Waals surface area contributed by atoms with Gasteiger partial charge in [-0.05, 0) is 45.2 Å². The summed E-state index contributed by atoms with van der Waals surface area (Å²) < 4.78 is 5.19. The Morgan fingerprint density at radius 2 is 1.91 bits per heavy atom. The first-order chi connectivity index (χ1) is 15.4. The number of aromatic nitrogens is 5. The lowest BCUT2D eigenvalue weighted by atomic mass is 10.1. The summed E-state index contributed by atoms with van der Waals surface area (Å²) in [6.45, 7) is 9.46. The van der Waals surface area contributed by atoms with Gasteiger partial charge < -0.3 is 9.88 Å². The minimum Gasteiger partial charge on any atom is -0.354 e. The summed E-state index contributed by atoms with van der Waals surface area (Å²) in [6, 6.07) is 7.30. The van der Waals surface area contributed by atoms with Gasteiger partial charge in [-0.1, -0.05) is 25.1 Å². The number of amides is 1. The van der Waals surface area contributed by atoms with Crippen molar-refractivity contribution in [1.29, 1.82) is 0 Å². The van der Waals surface area contributed by atoms with Crippen LogP contribution in [0.1, 0.15) is 43.3 Å². The zero-order valence-electron chi connectivity index (χ0n) is 19.3. The SMILES string of the molecule is CCC(C(=O)NCCc1c(C)nn(CC)c1C)n1c2ccccc2c2cnn(C)c(=O)c21. The van der Waals surface area contributed by atoms with E-state index in [0.29, 0.717) is 18.5 Å². The zero-order chi connectivity index (χ0) is 23.0. The van der Waals surface area contributed by atoms with Crippen LogP contribution >= 0.6 is 0 Å². The Labute approximate surface area is 186 Å². The molecular formula is C24H30N6O2. The first kappa shape index (κ1) is 21.8. The van der Waals surface area contributed by atoms with Crippen molar-refractivity contribution in [1.82, 2.24) is 29.4 Å².